The van der Waals surface area contributed by atoms with Gasteiger partial charge in [0.25, 0.3) is 11.5 Å². The first-order valence-corrected chi connectivity index (χ1v) is 8.99. The number of Topliss-reactive ketones (excluding diaryl/α,β-unsaturated/α-hetero) is 1. The number of rotatable bonds is 5. The van der Waals surface area contributed by atoms with Crippen molar-refractivity contribution in [2.24, 2.45) is 0 Å². The summed E-state index contributed by atoms with van der Waals surface area (Å²) in [5.74, 6) is 1.00. The Morgan fingerprint density at radius 3 is 2.74 bits per heavy atom. The molecule has 0 bridgehead atoms. The van der Waals surface area contributed by atoms with Gasteiger partial charge in [-0.15, -0.1) is 0 Å². The summed E-state index contributed by atoms with van der Waals surface area (Å²) in [6.07, 6.45) is 4.00. The number of aromatic nitrogens is 2. The Bertz CT molecular complexity index is 1040. The summed E-state index contributed by atoms with van der Waals surface area (Å²) >= 11 is 0. The van der Waals surface area contributed by atoms with E-state index in [9.17, 15) is 14.9 Å². The molecule has 0 saturated carbocycles. The normalized spacial score (nSPS) is 12.8. The lowest BCUT2D eigenvalue weighted by Gasteiger charge is -2.00. The molecule has 2 aromatic carbocycles. The Balaban J connectivity index is 1.66. The van der Waals surface area contributed by atoms with Gasteiger partial charge in [0.1, 0.15) is 6.20 Å². The van der Waals surface area contributed by atoms with Crippen molar-refractivity contribution in [3.8, 4) is 11.3 Å². The van der Waals surface area contributed by atoms with Crippen molar-refractivity contribution in [1.82, 2.24) is 4.57 Å². The minimum atomic E-state index is -0.477. The third-order valence-corrected chi connectivity index (χ3v) is 5.03. The molecule has 0 unspecified atom stereocenters. The summed E-state index contributed by atoms with van der Waals surface area (Å²) in [7, 11) is 0. The molecule has 6 nitrogen and oxygen atoms in total. The van der Waals surface area contributed by atoms with Crippen molar-refractivity contribution in [3.05, 3.63) is 81.8 Å². The fraction of sp³-hybridized carbons (Fsp3) is 0.238. The lowest BCUT2D eigenvalue weighted by atomic mass is 10.1. The van der Waals surface area contributed by atoms with Crippen LogP contribution < -0.4 is 4.57 Å². The number of fused-ring (bicyclic) bond motifs is 1. The van der Waals surface area contributed by atoms with Crippen LogP contribution in [0, 0.1) is 17.0 Å². The first-order valence-electron chi connectivity index (χ1n) is 8.99. The second-order valence-electron chi connectivity index (χ2n) is 6.91. The van der Waals surface area contributed by atoms with Gasteiger partial charge in [-0.25, -0.2) is 9.13 Å². The van der Waals surface area contributed by atoms with E-state index in [-0.39, 0.29) is 18.0 Å². The van der Waals surface area contributed by atoms with Crippen LogP contribution in [0.1, 0.15) is 28.2 Å². The van der Waals surface area contributed by atoms with Gasteiger partial charge in [0.2, 0.25) is 5.78 Å². The van der Waals surface area contributed by atoms with E-state index in [0.29, 0.717) is 5.56 Å². The number of nitro groups is 1. The average molecular weight is 362 g/mol. The fourth-order valence-corrected chi connectivity index (χ4v) is 3.64. The summed E-state index contributed by atoms with van der Waals surface area (Å²) < 4.78 is 4.26. The lowest BCUT2D eigenvalue weighted by molar-refractivity contribution is -0.689. The minimum absolute atomic E-state index is 0.0618. The number of hydrogen-bond donors (Lipinski definition) is 0. The van der Waals surface area contributed by atoms with Crippen LogP contribution in [0.2, 0.25) is 0 Å². The van der Waals surface area contributed by atoms with Gasteiger partial charge in [0, 0.05) is 23.3 Å². The number of nitrogens with zero attached hydrogens (tertiary/aromatic N) is 3. The van der Waals surface area contributed by atoms with Crippen LogP contribution in [0.15, 0.2) is 54.7 Å². The van der Waals surface area contributed by atoms with Gasteiger partial charge >= 0.3 is 0 Å². The second kappa shape index (κ2) is 6.79. The zero-order chi connectivity index (χ0) is 19.0. The quantitative estimate of drug-likeness (QED) is 0.302. The van der Waals surface area contributed by atoms with Gasteiger partial charge in [-0.1, -0.05) is 42.0 Å². The maximum absolute atomic E-state index is 12.7. The second-order valence-corrected chi connectivity index (χ2v) is 6.91. The molecule has 1 aliphatic heterocycles. The number of carbonyl (C=O) groups is 1. The molecule has 1 aromatic heterocycles. The number of hydrogen-bond acceptors (Lipinski definition) is 3. The van der Waals surface area contributed by atoms with E-state index in [1.807, 2.05) is 10.8 Å². The van der Waals surface area contributed by atoms with Crippen molar-refractivity contribution in [3.63, 3.8) is 0 Å². The summed E-state index contributed by atoms with van der Waals surface area (Å²) in [5, 5.41) is 11.0. The van der Waals surface area contributed by atoms with E-state index in [2.05, 4.69) is 35.8 Å². The zero-order valence-corrected chi connectivity index (χ0v) is 15.1. The van der Waals surface area contributed by atoms with E-state index in [4.69, 9.17) is 0 Å². The molecule has 0 fully saturated rings. The fourth-order valence-electron chi connectivity index (χ4n) is 3.64. The summed E-state index contributed by atoms with van der Waals surface area (Å²) in [6.45, 7) is 3.18. The Morgan fingerprint density at radius 1 is 1.22 bits per heavy atom. The van der Waals surface area contributed by atoms with Crippen molar-refractivity contribution < 1.29 is 14.3 Å². The Labute approximate surface area is 156 Å². The highest BCUT2D eigenvalue weighted by atomic mass is 16.6. The monoisotopic (exact) mass is 362 g/mol. The predicted molar refractivity (Wildman–Crippen MR) is 101 cm³/mol. The molecule has 4 rings (SSSR count). The van der Waals surface area contributed by atoms with Crippen LogP contribution >= 0.6 is 0 Å². The van der Waals surface area contributed by atoms with Crippen molar-refractivity contribution in [1.29, 1.82) is 0 Å². The zero-order valence-electron chi connectivity index (χ0n) is 15.1. The number of aryl methyl sites for hydroxylation is 1. The maximum atomic E-state index is 12.7. The highest BCUT2D eigenvalue weighted by molar-refractivity contribution is 5.95. The maximum Gasteiger partial charge on any atom is 0.270 e. The first kappa shape index (κ1) is 17.1. The standard InChI is InChI=1S/C21H20N3O3/c1-15-7-9-16(10-8-15)19-13-22(21-6-3-11-23(19)21)14-20(25)17-4-2-5-18(12-17)24(26)27/h2,4-5,7-10,12-13H,3,6,11,14H2,1H3/q+1. The van der Waals surface area contributed by atoms with Gasteiger partial charge in [-0.3, -0.25) is 14.9 Å². The van der Waals surface area contributed by atoms with Crippen molar-refractivity contribution in [2.75, 3.05) is 0 Å². The SMILES string of the molecule is Cc1ccc(-c2c[n+](CC(=O)c3cccc([N+](=O)[O-])c3)c3n2CCC3)cc1. The van der Waals surface area contributed by atoms with Crippen LogP contribution in [-0.2, 0) is 19.5 Å². The number of carbonyl (C=O) groups excluding carboxylic acids is 1. The van der Waals surface area contributed by atoms with Crippen molar-refractivity contribution >= 4 is 11.5 Å². The lowest BCUT2D eigenvalue weighted by Crippen LogP contribution is -2.40. The molecule has 6 heteroatoms. The van der Waals surface area contributed by atoms with Crippen LogP contribution in [0.4, 0.5) is 5.69 Å². The minimum Gasteiger partial charge on any atom is -0.290 e. The molecule has 0 amide bonds. The molecule has 2 heterocycles. The van der Waals surface area contributed by atoms with Gasteiger partial charge in [-0.2, -0.15) is 0 Å². The molecule has 0 radical (unpaired) electrons. The van der Waals surface area contributed by atoms with Crippen molar-refractivity contribution in [2.45, 2.75) is 32.9 Å². The number of non-ortho nitro benzene ring substituents is 1. The third-order valence-electron chi connectivity index (χ3n) is 5.03. The van der Waals surface area contributed by atoms with E-state index in [1.165, 1.54) is 17.7 Å². The van der Waals surface area contributed by atoms with E-state index in [0.717, 1.165) is 36.5 Å². The Kier molecular flexibility index (Phi) is 4.32. The highest BCUT2D eigenvalue weighted by Gasteiger charge is 2.29. The molecule has 3 aromatic rings. The topological polar surface area (TPSA) is 69.0 Å². The Morgan fingerprint density at radius 2 is 2.00 bits per heavy atom. The molecule has 0 spiro atoms. The van der Waals surface area contributed by atoms with Gasteiger partial charge in [0.15, 0.2) is 12.2 Å². The third kappa shape index (κ3) is 3.26. The Hall–Kier alpha value is -3.28. The molecule has 0 N–H and O–H groups in total. The number of ketones is 1. The van der Waals surface area contributed by atoms with Gasteiger partial charge in [-0.05, 0) is 13.3 Å². The molecule has 0 atom stereocenters. The molecule has 27 heavy (non-hydrogen) atoms. The number of nitro benzene ring substituents is 1. The van der Waals surface area contributed by atoms with E-state index in [1.54, 1.807) is 12.1 Å². The summed E-state index contributed by atoms with van der Waals surface area (Å²) in [6, 6.07) is 14.3. The largest absolute Gasteiger partial charge is 0.290 e. The van der Waals surface area contributed by atoms with Crippen LogP contribution in [0.5, 0.6) is 0 Å². The average Bonchev–Trinajstić information content (AvgIpc) is 3.26. The summed E-state index contributed by atoms with van der Waals surface area (Å²) in [5.41, 5.74) is 3.75. The molecular formula is C21H20N3O3+. The molecule has 1 aliphatic rings. The van der Waals surface area contributed by atoms with Gasteiger partial charge in [0.05, 0.1) is 17.9 Å². The smallest absolute Gasteiger partial charge is 0.270 e. The van der Waals surface area contributed by atoms with Crippen LogP contribution in [0.25, 0.3) is 11.3 Å². The molecule has 0 saturated heterocycles. The van der Waals surface area contributed by atoms with Gasteiger partial charge < -0.3 is 0 Å². The van der Waals surface area contributed by atoms with E-state index >= 15 is 0 Å². The molecule has 136 valence electrons. The highest BCUT2D eigenvalue weighted by Crippen LogP contribution is 2.25. The molecular weight excluding hydrogens is 342 g/mol. The van der Waals surface area contributed by atoms with Crippen LogP contribution in [-0.4, -0.2) is 15.3 Å². The molecule has 0 aliphatic carbocycles. The predicted octanol–water partition coefficient (Wildman–Crippen LogP) is 3.49. The van der Waals surface area contributed by atoms with E-state index < -0.39 is 4.92 Å². The number of benzene rings is 2. The summed E-state index contributed by atoms with van der Waals surface area (Å²) in [4.78, 5) is 23.2. The number of imidazole rings is 1. The first-order chi connectivity index (χ1) is 13.0. The van der Waals surface area contributed by atoms with Crippen LogP contribution in [0.3, 0.4) is 0 Å².